The van der Waals surface area contributed by atoms with Crippen LogP contribution in [-0.2, 0) is 9.59 Å². The molecule has 1 atom stereocenters. The van der Waals surface area contributed by atoms with E-state index in [0.717, 1.165) is 24.8 Å². The Morgan fingerprint density at radius 1 is 1.14 bits per heavy atom. The lowest BCUT2D eigenvalue weighted by molar-refractivity contribution is -0.137. The average molecular weight is 307 g/mol. The van der Waals surface area contributed by atoms with Gasteiger partial charge in [-0.1, -0.05) is 30.5 Å². The number of ether oxygens (including phenoxy) is 1. The molecule has 1 amide bonds. The van der Waals surface area contributed by atoms with Gasteiger partial charge in [0.15, 0.2) is 6.10 Å². The van der Waals surface area contributed by atoms with E-state index < -0.39 is 12.1 Å². The van der Waals surface area contributed by atoms with Crippen LogP contribution in [-0.4, -0.2) is 29.6 Å². The van der Waals surface area contributed by atoms with Gasteiger partial charge in [-0.05, 0) is 38.8 Å². The highest BCUT2D eigenvalue weighted by Crippen LogP contribution is 2.13. The van der Waals surface area contributed by atoms with Crippen molar-refractivity contribution in [2.45, 2.75) is 52.1 Å². The van der Waals surface area contributed by atoms with Gasteiger partial charge >= 0.3 is 5.97 Å². The topological polar surface area (TPSA) is 75.6 Å². The van der Waals surface area contributed by atoms with Crippen LogP contribution >= 0.6 is 0 Å². The number of aryl methyl sites for hydroxylation is 1. The van der Waals surface area contributed by atoms with E-state index in [1.807, 2.05) is 31.2 Å². The molecule has 0 saturated heterocycles. The predicted octanol–water partition coefficient (Wildman–Crippen LogP) is 2.91. The Bertz CT molecular complexity index is 470. The second kappa shape index (κ2) is 9.82. The van der Waals surface area contributed by atoms with Crippen molar-refractivity contribution in [2.75, 3.05) is 6.54 Å². The van der Waals surface area contributed by atoms with Crippen molar-refractivity contribution in [3.05, 3.63) is 29.8 Å². The van der Waals surface area contributed by atoms with Crippen LogP contribution in [0.4, 0.5) is 0 Å². The Balaban J connectivity index is 2.13. The van der Waals surface area contributed by atoms with Crippen LogP contribution in [0.1, 0.15) is 44.6 Å². The highest BCUT2D eigenvalue weighted by Gasteiger charge is 2.13. The number of benzene rings is 1. The van der Waals surface area contributed by atoms with Gasteiger partial charge in [-0.3, -0.25) is 9.59 Å². The molecular weight excluding hydrogens is 282 g/mol. The first-order chi connectivity index (χ1) is 10.5. The minimum absolute atomic E-state index is 0.133. The number of carbonyl (C=O) groups excluding carboxylic acids is 1. The van der Waals surface area contributed by atoms with E-state index in [9.17, 15) is 9.59 Å². The number of unbranched alkanes of at least 4 members (excludes halogenated alkanes) is 3. The fourth-order valence-electron chi connectivity index (χ4n) is 1.98. The number of nitrogens with one attached hydrogen (secondary N) is 1. The van der Waals surface area contributed by atoms with Crippen LogP contribution in [0.3, 0.4) is 0 Å². The Labute approximate surface area is 131 Å². The van der Waals surface area contributed by atoms with Gasteiger partial charge in [0.2, 0.25) is 0 Å². The molecule has 0 aliphatic heterocycles. The molecule has 122 valence electrons. The van der Waals surface area contributed by atoms with Gasteiger partial charge in [0.1, 0.15) is 5.75 Å². The first kappa shape index (κ1) is 18.0. The first-order valence-corrected chi connectivity index (χ1v) is 7.72. The maximum atomic E-state index is 11.9. The molecular formula is C17H25NO4. The molecule has 5 nitrogen and oxygen atoms in total. The Hall–Kier alpha value is -2.04. The maximum absolute atomic E-state index is 11.9. The first-order valence-electron chi connectivity index (χ1n) is 7.72. The van der Waals surface area contributed by atoms with Gasteiger partial charge in [0.25, 0.3) is 5.91 Å². The molecule has 0 aliphatic rings. The molecule has 0 radical (unpaired) electrons. The van der Waals surface area contributed by atoms with Crippen molar-refractivity contribution in [1.82, 2.24) is 5.32 Å². The van der Waals surface area contributed by atoms with E-state index in [1.54, 1.807) is 6.92 Å². The van der Waals surface area contributed by atoms with Crippen molar-refractivity contribution in [2.24, 2.45) is 0 Å². The SMILES string of the molecule is Cc1ccc(OC(C)C(=O)NCCCCCCC(=O)O)cc1. The number of carboxylic acids is 1. The second-order valence-corrected chi connectivity index (χ2v) is 5.42. The summed E-state index contributed by atoms with van der Waals surface area (Å²) in [6.07, 6.45) is 3.01. The van der Waals surface area contributed by atoms with Crippen molar-refractivity contribution in [3.63, 3.8) is 0 Å². The number of hydrogen-bond donors (Lipinski definition) is 2. The molecule has 1 rings (SSSR count). The van der Waals surface area contributed by atoms with E-state index >= 15 is 0 Å². The Morgan fingerprint density at radius 3 is 2.41 bits per heavy atom. The highest BCUT2D eigenvalue weighted by atomic mass is 16.5. The van der Waals surface area contributed by atoms with E-state index in [1.165, 1.54) is 0 Å². The molecule has 0 fully saturated rings. The monoisotopic (exact) mass is 307 g/mol. The number of aliphatic carboxylic acids is 1. The summed E-state index contributed by atoms with van der Waals surface area (Å²) in [5, 5.41) is 11.3. The number of hydrogen-bond acceptors (Lipinski definition) is 3. The van der Waals surface area contributed by atoms with E-state index in [0.29, 0.717) is 18.7 Å². The molecule has 1 aromatic carbocycles. The van der Waals surface area contributed by atoms with Crippen LogP contribution in [0.25, 0.3) is 0 Å². The summed E-state index contributed by atoms with van der Waals surface area (Å²) >= 11 is 0. The summed E-state index contributed by atoms with van der Waals surface area (Å²) in [6.45, 7) is 4.31. The zero-order valence-corrected chi connectivity index (χ0v) is 13.3. The van der Waals surface area contributed by atoms with Crippen molar-refractivity contribution < 1.29 is 19.4 Å². The quantitative estimate of drug-likeness (QED) is 0.652. The lowest BCUT2D eigenvalue weighted by Gasteiger charge is -2.14. The van der Waals surface area contributed by atoms with Crippen LogP contribution < -0.4 is 10.1 Å². The van der Waals surface area contributed by atoms with Gasteiger partial charge in [-0.25, -0.2) is 0 Å². The molecule has 2 N–H and O–H groups in total. The van der Waals surface area contributed by atoms with E-state index in [4.69, 9.17) is 9.84 Å². The molecule has 5 heteroatoms. The third kappa shape index (κ3) is 7.67. The molecule has 0 saturated carbocycles. The Morgan fingerprint density at radius 2 is 1.77 bits per heavy atom. The number of carboxylic acid groups (broad SMARTS) is 1. The third-order valence-corrected chi connectivity index (χ3v) is 3.32. The predicted molar refractivity (Wildman–Crippen MR) is 85.0 cm³/mol. The van der Waals surface area contributed by atoms with Crippen LogP contribution in [0.15, 0.2) is 24.3 Å². The number of amides is 1. The zero-order valence-electron chi connectivity index (χ0n) is 13.3. The molecule has 22 heavy (non-hydrogen) atoms. The van der Waals surface area contributed by atoms with Gasteiger partial charge in [0, 0.05) is 13.0 Å². The normalized spacial score (nSPS) is 11.7. The van der Waals surface area contributed by atoms with Crippen molar-refractivity contribution in [3.8, 4) is 5.75 Å². The average Bonchev–Trinajstić information content (AvgIpc) is 2.48. The smallest absolute Gasteiger partial charge is 0.303 e. The van der Waals surface area contributed by atoms with Crippen LogP contribution in [0.2, 0.25) is 0 Å². The maximum Gasteiger partial charge on any atom is 0.303 e. The summed E-state index contributed by atoms with van der Waals surface area (Å²) < 4.78 is 5.58. The van der Waals surface area contributed by atoms with Gasteiger partial charge in [0.05, 0.1) is 0 Å². The van der Waals surface area contributed by atoms with Gasteiger partial charge in [-0.15, -0.1) is 0 Å². The summed E-state index contributed by atoms with van der Waals surface area (Å²) in [6, 6.07) is 7.58. The number of rotatable bonds is 10. The second-order valence-electron chi connectivity index (χ2n) is 5.42. The minimum Gasteiger partial charge on any atom is -0.481 e. The summed E-state index contributed by atoms with van der Waals surface area (Å²) in [7, 11) is 0. The molecule has 0 heterocycles. The highest BCUT2D eigenvalue weighted by molar-refractivity contribution is 5.80. The fourth-order valence-corrected chi connectivity index (χ4v) is 1.98. The van der Waals surface area contributed by atoms with Crippen LogP contribution in [0, 0.1) is 6.92 Å². The van der Waals surface area contributed by atoms with Crippen LogP contribution in [0.5, 0.6) is 5.75 Å². The molecule has 1 unspecified atom stereocenters. The Kier molecular flexibility index (Phi) is 8.04. The molecule has 1 aromatic rings. The van der Waals surface area contributed by atoms with Gasteiger partial charge < -0.3 is 15.2 Å². The molecule has 0 aliphatic carbocycles. The molecule has 0 bridgehead atoms. The standard InChI is InChI=1S/C17H25NO4/c1-13-8-10-15(11-9-13)22-14(2)17(21)18-12-6-4-3-5-7-16(19)20/h8-11,14H,3-7,12H2,1-2H3,(H,18,21)(H,19,20). The number of carbonyl (C=O) groups is 2. The summed E-state index contributed by atoms with van der Waals surface area (Å²) in [4.78, 5) is 22.2. The lowest BCUT2D eigenvalue weighted by Crippen LogP contribution is -2.36. The molecule has 0 spiro atoms. The van der Waals surface area contributed by atoms with Crippen molar-refractivity contribution in [1.29, 1.82) is 0 Å². The van der Waals surface area contributed by atoms with E-state index in [2.05, 4.69) is 5.32 Å². The largest absolute Gasteiger partial charge is 0.481 e. The van der Waals surface area contributed by atoms with Crippen molar-refractivity contribution >= 4 is 11.9 Å². The van der Waals surface area contributed by atoms with E-state index in [-0.39, 0.29) is 12.3 Å². The third-order valence-electron chi connectivity index (χ3n) is 3.32. The summed E-state index contributed by atoms with van der Waals surface area (Å²) in [5.41, 5.74) is 1.15. The molecule has 0 aromatic heterocycles. The van der Waals surface area contributed by atoms with Gasteiger partial charge in [-0.2, -0.15) is 0 Å². The zero-order chi connectivity index (χ0) is 16.4. The lowest BCUT2D eigenvalue weighted by atomic mass is 10.1. The fraction of sp³-hybridized carbons (Fsp3) is 0.529. The minimum atomic E-state index is -0.754. The summed E-state index contributed by atoms with van der Waals surface area (Å²) in [5.74, 6) is -0.205.